The van der Waals surface area contributed by atoms with Crippen molar-refractivity contribution in [2.45, 2.75) is 103 Å². The third kappa shape index (κ3) is 8.98. The molecule has 5 rings (SSSR count). The van der Waals surface area contributed by atoms with Crippen molar-refractivity contribution in [2.24, 2.45) is 23.7 Å². The van der Waals surface area contributed by atoms with Crippen molar-refractivity contribution in [3.8, 4) is 0 Å². The SMILES string of the molecule is C1=C\CCCCCC[C@@H]2CN3CC/C=C\CCCCCC[C@@H]4C[C@@H](CN(CC\C=C/1)C4)[C@@H]2CC3. The van der Waals surface area contributed by atoms with Crippen LogP contribution in [0.3, 0.4) is 0 Å². The second-order valence-corrected chi connectivity index (χ2v) is 12.0. The molecule has 2 nitrogen and oxygen atoms in total. The van der Waals surface area contributed by atoms with E-state index >= 15 is 0 Å². The smallest absolute Gasteiger partial charge is 0.00162 e. The van der Waals surface area contributed by atoms with Gasteiger partial charge in [0.05, 0.1) is 0 Å². The first-order chi connectivity index (χ1) is 16.9. The van der Waals surface area contributed by atoms with E-state index in [4.69, 9.17) is 0 Å². The summed E-state index contributed by atoms with van der Waals surface area (Å²) >= 11 is 0. The monoisotopic (exact) mass is 466 g/mol. The summed E-state index contributed by atoms with van der Waals surface area (Å²) in [6.07, 6.45) is 36.8. The maximum Gasteiger partial charge on any atom is 0.00162 e. The van der Waals surface area contributed by atoms with Gasteiger partial charge in [-0.05, 0) is 94.4 Å². The van der Waals surface area contributed by atoms with E-state index in [1.54, 1.807) is 0 Å². The van der Waals surface area contributed by atoms with Crippen LogP contribution in [0.5, 0.6) is 0 Å². The zero-order valence-electron chi connectivity index (χ0n) is 22.2. The van der Waals surface area contributed by atoms with Gasteiger partial charge in [0, 0.05) is 32.7 Å². The largest absolute Gasteiger partial charge is 0.303 e. The molecular weight excluding hydrogens is 412 g/mol. The molecule has 34 heavy (non-hydrogen) atoms. The van der Waals surface area contributed by atoms with Crippen LogP contribution in [0, 0.1) is 23.7 Å². The molecule has 0 amide bonds. The Hall–Kier alpha value is -0.860. The number of piperidine rings is 2. The highest BCUT2D eigenvalue weighted by Gasteiger charge is 2.38. The zero-order valence-corrected chi connectivity index (χ0v) is 22.2. The fraction of sp³-hybridized carbons (Fsp3) is 0.812. The lowest BCUT2D eigenvalue weighted by Gasteiger charge is -2.47. The zero-order chi connectivity index (χ0) is 23.3. The number of allylic oxidation sites excluding steroid dienone is 4. The minimum atomic E-state index is 0.939. The predicted molar refractivity (Wildman–Crippen MR) is 148 cm³/mol. The summed E-state index contributed by atoms with van der Waals surface area (Å²) in [5.74, 6) is 3.80. The maximum absolute atomic E-state index is 2.88. The first-order valence-electron chi connectivity index (χ1n) is 15.3. The molecule has 5 aliphatic rings. The van der Waals surface area contributed by atoms with Gasteiger partial charge >= 0.3 is 0 Å². The second kappa shape index (κ2) is 15.3. The lowest BCUT2D eigenvalue weighted by Crippen LogP contribution is -2.49. The van der Waals surface area contributed by atoms with Crippen molar-refractivity contribution < 1.29 is 0 Å². The van der Waals surface area contributed by atoms with Gasteiger partial charge in [0.2, 0.25) is 0 Å². The first kappa shape index (κ1) is 26.2. The van der Waals surface area contributed by atoms with E-state index in [0.29, 0.717) is 0 Å². The molecule has 5 aliphatic heterocycles. The molecule has 6 atom stereocenters. The summed E-state index contributed by atoms with van der Waals surface area (Å²) < 4.78 is 0. The van der Waals surface area contributed by atoms with Crippen LogP contribution in [0.25, 0.3) is 0 Å². The van der Waals surface area contributed by atoms with Crippen LogP contribution in [0.2, 0.25) is 0 Å². The average Bonchev–Trinajstić information content (AvgIpc) is 2.85. The fourth-order valence-electron chi connectivity index (χ4n) is 7.48. The van der Waals surface area contributed by atoms with Gasteiger partial charge in [-0.25, -0.2) is 0 Å². The minimum absolute atomic E-state index is 0.939. The molecule has 0 aromatic carbocycles. The highest BCUT2D eigenvalue weighted by Crippen LogP contribution is 2.40. The molecule has 2 unspecified atom stereocenters. The summed E-state index contributed by atoms with van der Waals surface area (Å²) in [5, 5.41) is 0. The molecule has 0 saturated carbocycles. The number of fused-ring (bicyclic) bond motifs is 10. The van der Waals surface area contributed by atoms with Crippen LogP contribution in [0.4, 0.5) is 0 Å². The van der Waals surface area contributed by atoms with E-state index in [1.807, 2.05) is 0 Å². The van der Waals surface area contributed by atoms with Crippen molar-refractivity contribution >= 4 is 0 Å². The van der Waals surface area contributed by atoms with E-state index in [9.17, 15) is 0 Å². The third-order valence-electron chi connectivity index (χ3n) is 9.33. The Morgan fingerprint density at radius 1 is 0.471 bits per heavy atom. The summed E-state index contributed by atoms with van der Waals surface area (Å²) in [6.45, 7) is 8.04. The standard InChI is InChI=1S/C32H54N2/c1-2-5-10-14-18-23-34-26-29-19-15-11-7-4-6-9-13-17-22-33-24-21-32(31(25-29)28-34)30(27-33)20-16-12-8-3-1/h2,5,9-10,13-14,29-32H,1,3-4,6-8,11-12,15-28H2/b5-2-,13-9-,14-10-/t29-,30-,31+,32-/m1/s1. The molecule has 0 radical (unpaired) electrons. The van der Waals surface area contributed by atoms with Gasteiger partial charge in [-0.15, -0.1) is 0 Å². The number of nitrogens with zero attached hydrogens (tertiary/aromatic N) is 2. The molecule has 2 fully saturated rings. The van der Waals surface area contributed by atoms with Crippen LogP contribution >= 0.6 is 0 Å². The summed E-state index contributed by atoms with van der Waals surface area (Å²) in [7, 11) is 0. The van der Waals surface area contributed by atoms with E-state index in [0.717, 1.165) is 23.7 Å². The van der Waals surface area contributed by atoms with Crippen molar-refractivity contribution in [1.29, 1.82) is 0 Å². The second-order valence-electron chi connectivity index (χ2n) is 12.0. The molecular formula is C32H54N2. The van der Waals surface area contributed by atoms with E-state index in [1.165, 1.54) is 142 Å². The Morgan fingerprint density at radius 3 is 2.00 bits per heavy atom. The predicted octanol–water partition coefficient (Wildman–Crippen LogP) is 8.02. The quantitative estimate of drug-likeness (QED) is 0.333. The highest BCUT2D eigenvalue weighted by molar-refractivity contribution is 5.02. The lowest BCUT2D eigenvalue weighted by atomic mass is 9.69. The Kier molecular flexibility index (Phi) is 11.8. The van der Waals surface area contributed by atoms with E-state index in [2.05, 4.69) is 46.3 Å². The molecule has 2 heteroatoms. The Bertz CT molecular complexity index is 635. The average molecular weight is 467 g/mol. The van der Waals surface area contributed by atoms with Gasteiger partial charge in [0.1, 0.15) is 0 Å². The normalized spacial score (nSPS) is 40.2. The van der Waals surface area contributed by atoms with Crippen LogP contribution < -0.4 is 0 Å². The number of rotatable bonds is 0. The minimum Gasteiger partial charge on any atom is -0.303 e. The van der Waals surface area contributed by atoms with Gasteiger partial charge in [-0.2, -0.15) is 0 Å². The molecule has 0 aromatic rings. The van der Waals surface area contributed by atoms with Crippen molar-refractivity contribution in [3.63, 3.8) is 0 Å². The number of hydrogen-bond donors (Lipinski definition) is 0. The summed E-state index contributed by atoms with van der Waals surface area (Å²) in [5.41, 5.74) is 0. The third-order valence-corrected chi connectivity index (χ3v) is 9.33. The highest BCUT2D eigenvalue weighted by atomic mass is 15.1. The van der Waals surface area contributed by atoms with Gasteiger partial charge in [-0.1, -0.05) is 75.0 Å². The Morgan fingerprint density at radius 2 is 1.12 bits per heavy atom. The summed E-state index contributed by atoms with van der Waals surface area (Å²) in [6, 6.07) is 0. The fourth-order valence-corrected chi connectivity index (χ4v) is 7.48. The van der Waals surface area contributed by atoms with Gasteiger partial charge < -0.3 is 9.80 Å². The molecule has 5 heterocycles. The first-order valence-corrected chi connectivity index (χ1v) is 15.3. The molecule has 6 bridgehead atoms. The van der Waals surface area contributed by atoms with Crippen LogP contribution in [0.15, 0.2) is 36.5 Å². The molecule has 0 N–H and O–H groups in total. The number of hydrogen-bond acceptors (Lipinski definition) is 2. The lowest BCUT2D eigenvalue weighted by molar-refractivity contribution is 0.0202. The molecule has 2 saturated heterocycles. The molecule has 192 valence electrons. The van der Waals surface area contributed by atoms with Crippen LogP contribution in [-0.4, -0.2) is 49.1 Å². The summed E-state index contributed by atoms with van der Waals surface area (Å²) in [4.78, 5) is 5.71. The van der Waals surface area contributed by atoms with E-state index in [-0.39, 0.29) is 0 Å². The van der Waals surface area contributed by atoms with Gasteiger partial charge in [-0.3, -0.25) is 0 Å². The molecule has 0 spiro atoms. The van der Waals surface area contributed by atoms with Gasteiger partial charge in [0.15, 0.2) is 0 Å². The molecule has 0 aromatic heterocycles. The molecule has 0 aliphatic carbocycles. The van der Waals surface area contributed by atoms with Crippen LogP contribution in [0.1, 0.15) is 103 Å². The van der Waals surface area contributed by atoms with Gasteiger partial charge in [0.25, 0.3) is 0 Å². The van der Waals surface area contributed by atoms with Crippen molar-refractivity contribution in [1.82, 2.24) is 9.80 Å². The van der Waals surface area contributed by atoms with E-state index < -0.39 is 0 Å². The Balaban J connectivity index is 1.48. The Labute approximate surface area is 211 Å². The van der Waals surface area contributed by atoms with Crippen molar-refractivity contribution in [3.05, 3.63) is 36.5 Å². The maximum atomic E-state index is 2.88. The van der Waals surface area contributed by atoms with Crippen molar-refractivity contribution in [2.75, 3.05) is 39.3 Å². The van der Waals surface area contributed by atoms with Crippen LogP contribution in [-0.2, 0) is 0 Å². The topological polar surface area (TPSA) is 6.48 Å².